The molecule has 2 rings (SSSR count). The minimum absolute atomic E-state index is 0.0862. The topological polar surface area (TPSA) is 40.9 Å². The number of Topliss-reactive ketones (excluding diaryl/α,β-unsaturated/α-hetero) is 1. The molecular weight excluding hydrogens is 354 g/mol. The molecule has 0 radical (unpaired) electrons. The number of carbonyl (C=O) groups is 1. The number of carbonyl (C=O) groups excluding carboxylic acids is 1. The lowest BCUT2D eigenvalue weighted by Gasteiger charge is -2.35. The van der Waals surface area contributed by atoms with Crippen molar-refractivity contribution in [2.75, 3.05) is 0 Å². The first-order chi connectivity index (χ1) is 14.1. The van der Waals surface area contributed by atoms with Crippen LogP contribution in [-0.2, 0) is 0 Å². The van der Waals surface area contributed by atoms with Gasteiger partial charge in [0.1, 0.15) is 0 Å². The van der Waals surface area contributed by atoms with E-state index in [1.54, 1.807) is 0 Å². The molecule has 1 aliphatic carbocycles. The Hall–Kier alpha value is -1.62. The van der Waals surface area contributed by atoms with Crippen LogP contribution >= 0.6 is 0 Å². The van der Waals surface area contributed by atoms with E-state index >= 15 is 0 Å². The first-order valence-electron chi connectivity index (χ1n) is 12.2. The lowest BCUT2D eigenvalue weighted by Crippen LogP contribution is -2.25. The second kappa shape index (κ2) is 12.8. The molecule has 29 heavy (non-hydrogen) atoms. The van der Waals surface area contributed by atoms with E-state index in [0.29, 0.717) is 12.3 Å². The van der Waals surface area contributed by atoms with E-state index in [9.17, 15) is 10.1 Å². The maximum atomic E-state index is 12.3. The van der Waals surface area contributed by atoms with Crippen LogP contribution < -0.4 is 0 Å². The first-order valence-corrected chi connectivity index (χ1v) is 12.2. The Morgan fingerprint density at radius 2 is 1.52 bits per heavy atom. The van der Waals surface area contributed by atoms with Gasteiger partial charge >= 0.3 is 0 Å². The van der Waals surface area contributed by atoms with Crippen LogP contribution in [0, 0.1) is 16.7 Å². The van der Waals surface area contributed by atoms with E-state index in [1.165, 1.54) is 50.5 Å². The average Bonchev–Trinajstić information content (AvgIpc) is 2.77. The third-order valence-corrected chi connectivity index (χ3v) is 6.90. The van der Waals surface area contributed by atoms with Crippen molar-refractivity contribution in [1.29, 1.82) is 5.26 Å². The molecule has 0 N–H and O–H groups in total. The van der Waals surface area contributed by atoms with Crippen LogP contribution in [0.2, 0.25) is 0 Å². The molecule has 2 nitrogen and oxygen atoms in total. The minimum Gasteiger partial charge on any atom is -0.294 e. The third kappa shape index (κ3) is 7.61. The van der Waals surface area contributed by atoms with Crippen LogP contribution in [0.15, 0.2) is 24.3 Å². The summed E-state index contributed by atoms with van der Waals surface area (Å²) in [6, 6.07) is 11.1. The second-order valence-corrected chi connectivity index (χ2v) is 9.19. The zero-order valence-corrected chi connectivity index (χ0v) is 18.8. The Kier molecular flexibility index (Phi) is 10.5. The fraction of sp³-hybridized carbons (Fsp3) is 0.704. The number of ketones is 1. The van der Waals surface area contributed by atoms with Crippen molar-refractivity contribution in [2.24, 2.45) is 5.41 Å². The van der Waals surface area contributed by atoms with E-state index in [-0.39, 0.29) is 11.2 Å². The number of hydrogen-bond acceptors (Lipinski definition) is 2. The summed E-state index contributed by atoms with van der Waals surface area (Å²) in [4.78, 5) is 12.3. The molecule has 0 amide bonds. The van der Waals surface area contributed by atoms with Gasteiger partial charge < -0.3 is 0 Å². The van der Waals surface area contributed by atoms with Crippen LogP contribution in [0.5, 0.6) is 0 Å². The monoisotopic (exact) mass is 395 g/mol. The third-order valence-electron chi connectivity index (χ3n) is 6.90. The van der Waals surface area contributed by atoms with Crippen molar-refractivity contribution < 1.29 is 4.79 Å². The van der Waals surface area contributed by atoms with Gasteiger partial charge in [0, 0.05) is 12.0 Å². The van der Waals surface area contributed by atoms with Crippen LogP contribution in [0.3, 0.4) is 0 Å². The summed E-state index contributed by atoms with van der Waals surface area (Å²) < 4.78 is 0. The molecule has 1 aromatic rings. The zero-order chi connectivity index (χ0) is 21.0. The molecule has 0 aliphatic heterocycles. The van der Waals surface area contributed by atoms with Crippen molar-refractivity contribution in [3.05, 3.63) is 35.4 Å². The molecule has 1 aliphatic rings. The molecule has 160 valence electrons. The van der Waals surface area contributed by atoms with Crippen molar-refractivity contribution in [1.82, 2.24) is 0 Å². The molecule has 0 saturated heterocycles. The first kappa shape index (κ1) is 23.7. The van der Waals surface area contributed by atoms with Gasteiger partial charge in [0.25, 0.3) is 0 Å². The summed E-state index contributed by atoms with van der Waals surface area (Å²) in [5.74, 6) is 0.827. The molecule has 1 saturated carbocycles. The summed E-state index contributed by atoms with van der Waals surface area (Å²) in [7, 11) is 0. The maximum Gasteiger partial charge on any atom is 0.162 e. The molecule has 0 heterocycles. The maximum absolute atomic E-state index is 12.3. The zero-order valence-electron chi connectivity index (χ0n) is 18.8. The number of nitrogens with zero attached hydrogens (tertiary/aromatic N) is 1. The van der Waals surface area contributed by atoms with Gasteiger partial charge in [-0.25, -0.2) is 0 Å². The largest absolute Gasteiger partial charge is 0.294 e. The van der Waals surface area contributed by atoms with Crippen LogP contribution in [0.1, 0.15) is 132 Å². The van der Waals surface area contributed by atoms with Crippen molar-refractivity contribution in [3.8, 4) is 6.07 Å². The normalized spacial score (nSPS) is 21.6. The summed E-state index contributed by atoms with van der Waals surface area (Å²) in [6.45, 7) is 4.44. The molecule has 1 fully saturated rings. The predicted octanol–water partition coefficient (Wildman–Crippen LogP) is 8.37. The highest BCUT2D eigenvalue weighted by atomic mass is 16.1. The molecule has 0 atom stereocenters. The summed E-state index contributed by atoms with van der Waals surface area (Å²) >= 11 is 0. The van der Waals surface area contributed by atoms with Gasteiger partial charge in [0.15, 0.2) is 5.78 Å². The van der Waals surface area contributed by atoms with Crippen LogP contribution in [-0.4, -0.2) is 5.78 Å². The van der Waals surface area contributed by atoms with Gasteiger partial charge in [-0.15, -0.1) is 0 Å². The molecular formula is C27H41NO. The molecule has 0 bridgehead atoms. The Morgan fingerprint density at radius 1 is 0.931 bits per heavy atom. The molecule has 0 aromatic heterocycles. The predicted molar refractivity (Wildman–Crippen MR) is 122 cm³/mol. The van der Waals surface area contributed by atoms with Crippen molar-refractivity contribution in [2.45, 2.75) is 116 Å². The average molecular weight is 396 g/mol. The van der Waals surface area contributed by atoms with E-state index in [2.05, 4.69) is 32.0 Å². The Morgan fingerprint density at radius 3 is 2.10 bits per heavy atom. The quantitative estimate of drug-likeness (QED) is 0.248. The molecule has 0 spiro atoms. The number of hydrogen-bond donors (Lipinski definition) is 0. The van der Waals surface area contributed by atoms with Gasteiger partial charge in [-0.1, -0.05) is 89.5 Å². The Balaban J connectivity index is 1.81. The van der Waals surface area contributed by atoms with Gasteiger partial charge in [0.2, 0.25) is 0 Å². The van der Waals surface area contributed by atoms with Gasteiger partial charge in [-0.2, -0.15) is 5.26 Å². The van der Waals surface area contributed by atoms with E-state index in [0.717, 1.165) is 50.5 Å². The SMILES string of the molecule is CCCCCCCC1(C#N)CCC(c2ccc(C(=O)CCCCCC)cc2)CC1. The highest BCUT2D eigenvalue weighted by Crippen LogP contribution is 2.45. The molecule has 2 heteroatoms. The Bertz CT molecular complexity index is 631. The highest BCUT2D eigenvalue weighted by molar-refractivity contribution is 5.96. The smallest absolute Gasteiger partial charge is 0.162 e. The van der Waals surface area contributed by atoms with E-state index < -0.39 is 0 Å². The number of unbranched alkanes of at least 4 members (excludes halogenated alkanes) is 7. The minimum atomic E-state index is -0.0862. The van der Waals surface area contributed by atoms with Crippen LogP contribution in [0.25, 0.3) is 0 Å². The molecule has 1 aromatic carbocycles. The standard InChI is InChI=1S/C27H41NO/c1-3-5-7-9-11-19-27(22-28)20-17-24(18-21-27)23-13-15-25(16-14-23)26(29)12-10-8-6-4-2/h13-16,24H,3-12,17-21H2,1-2H3. The highest BCUT2D eigenvalue weighted by Gasteiger charge is 2.35. The summed E-state index contributed by atoms with van der Waals surface area (Å²) in [6.07, 6.45) is 17.0. The second-order valence-electron chi connectivity index (χ2n) is 9.19. The number of nitriles is 1. The lowest BCUT2D eigenvalue weighted by molar-refractivity contribution is 0.0979. The number of rotatable bonds is 13. The Labute approximate surface area is 179 Å². The number of benzene rings is 1. The van der Waals surface area contributed by atoms with Gasteiger partial charge in [0.05, 0.1) is 11.5 Å². The fourth-order valence-electron chi connectivity index (χ4n) is 4.79. The summed E-state index contributed by atoms with van der Waals surface area (Å²) in [5, 5.41) is 9.82. The lowest BCUT2D eigenvalue weighted by atomic mass is 9.67. The fourth-order valence-corrected chi connectivity index (χ4v) is 4.79. The van der Waals surface area contributed by atoms with E-state index in [1.807, 2.05) is 12.1 Å². The van der Waals surface area contributed by atoms with Gasteiger partial charge in [-0.05, 0) is 50.0 Å². The van der Waals surface area contributed by atoms with E-state index in [4.69, 9.17) is 0 Å². The summed E-state index contributed by atoms with van der Waals surface area (Å²) in [5.41, 5.74) is 2.12. The van der Waals surface area contributed by atoms with Crippen LogP contribution in [0.4, 0.5) is 0 Å². The van der Waals surface area contributed by atoms with Gasteiger partial charge in [-0.3, -0.25) is 4.79 Å². The van der Waals surface area contributed by atoms with Crippen molar-refractivity contribution in [3.63, 3.8) is 0 Å². The molecule has 0 unspecified atom stereocenters. The van der Waals surface area contributed by atoms with Crippen molar-refractivity contribution >= 4 is 5.78 Å².